The van der Waals surface area contributed by atoms with E-state index in [9.17, 15) is 9.59 Å². The van der Waals surface area contributed by atoms with E-state index in [0.29, 0.717) is 23.0 Å². The van der Waals surface area contributed by atoms with Crippen LogP contribution in [-0.4, -0.2) is 36.4 Å². The first kappa shape index (κ1) is 24.9. The van der Waals surface area contributed by atoms with Crippen LogP contribution >= 0.6 is 46.6 Å². The lowest BCUT2D eigenvalue weighted by molar-refractivity contribution is -0.123. The smallest absolute Gasteiger partial charge is 0.253 e. The van der Waals surface area contributed by atoms with Crippen LogP contribution in [0.1, 0.15) is 36.2 Å². The Hall–Kier alpha value is -1.40. The summed E-state index contributed by atoms with van der Waals surface area (Å²) in [4.78, 5) is 25.6. The third kappa shape index (κ3) is 7.09. The van der Waals surface area contributed by atoms with Gasteiger partial charge in [0.2, 0.25) is 5.91 Å². The van der Waals surface area contributed by atoms with Crippen molar-refractivity contribution in [3.8, 4) is 0 Å². The second-order valence-corrected chi connectivity index (χ2v) is 9.81. The molecule has 0 heterocycles. The molecule has 162 valence electrons. The number of hydrogen-bond donors (Lipinski definition) is 2. The van der Waals surface area contributed by atoms with Gasteiger partial charge in [0.15, 0.2) is 0 Å². The fourth-order valence-corrected chi connectivity index (χ4v) is 4.01. The van der Waals surface area contributed by atoms with E-state index in [0.717, 1.165) is 11.3 Å². The van der Waals surface area contributed by atoms with Crippen molar-refractivity contribution in [2.75, 3.05) is 18.6 Å². The third-order valence-corrected chi connectivity index (χ3v) is 6.15. The topological polar surface area (TPSA) is 58.2 Å². The van der Waals surface area contributed by atoms with Crippen molar-refractivity contribution in [2.24, 2.45) is 0 Å². The summed E-state index contributed by atoms with van der Waals surface area (Å²) in [5.74, 6) is 0.0781. The van der Waals surface area contributed by atoms with Gasteiger partial charge in [-0.15, -0.1) is 0 Å². The average molecular weight is 488 g/mol. The Bertz CT molecular complexity index is 906. The molecule has 0 aliphatic rings. The van der Waals surface area contributed by atoms with Gasteiger partial charge in [-0.2, -0.15) is 11.8 Å². The molecule has 0 spiro atoms. The molecule has 2 aromatic rings. The number of benzene rings is 2. The third-order valence-electron chi connectivity index (χ3n) is 4.72. The van der Waals surface area contributed by atoms with Crippen molar-refractivity contribution in [3.05, 3.63) is 68.7 Å². The van der Waals surface area contributed by atoms with Crippen molar-refractivity contribution in [1.82, 2.24) is 10.6 Å². The summed E-state index contributed by atoms with van der Waals surface area (Å²) in [5, 5.41) is 7.10. The minimum absolute atomic E-state index is 0.238. The van der Waals surface area contributed by atoms with Gasteiger partial charge in [-0.3, -0.25) is 9.59 Å². The van der Waals surface area contributed by atoms with Crippen LogP contribution in [0.2, 0.25) is 15.1 Å². The van der Waals surface area contributed by atoms with Gasteiger partial charge >= 0.3 is 0 Å². The molecule has 0 bridgehead atoms. The van der Waals surface area contributed by atoms with Gasteiger partial charge in [0.05, 0.1) is 10.6 Å². The fraction of sp³-hybridized carbons (Fsp3) is 0.364. The largest absolute Gasteiger partial charge is 0.353 e. The molecule has 2 rings (SSSR count). The van der Waals surface area contributed by atoms with Crippen molar-refractivity contribution in [1.29, 1.82) is 0 Å². The molecule has 0 radical (unpaired) electrons. The van der Waals surface area contributed by atoms with E-state index < -0.39 is 11.9 Å². The molecule has 4 nitrogen and oxygen atoms in total. The zero-order chi connectivity index (χ0) is 22.3. The summed E-state index contributed by atoms with van der Waals surface area (Å²) in [6, 6.07) is 11.5. The number of halogens is 3. The van der Waals surface area contributed by atoms with Gasteiger partial charge in [-0.05, 0) is 54.3 Å². The molecule has 2 aromatic carbocycles. The van der Waals surface area contributed by atoms with Crippen molar-refractivity contribution >= 4 is 58.4 Å². The molecule has 1 unspecified atom stereocenters. The standard InChI is InChI=1S/C22H25Cl3N2O2S/c1-22(2,14-5-4-6-15(23)11-14)13-26-21(29)19(9-10-30-3)27-20(28)17-8-7-16(24)12-18(17)25/h4-8,11-12,19H,9-10,13H2,1-3H3,(H,26,29)(H,27,28). The lowest BCUT2D eigenvalue weighted by atomic mass is 9.84. The van der Waals surface area contributed by atoms with E-state index in [2.05, 4.69) is 10.6 Å². The zero-order valence-corrected chi connectivity index (χ0v) is 20.2. The maximum absolute atomic E-state index is 12.9. The number of hydrogen-bond acceptors (Lipinski definition) is 3. The number of carbonyl (C=O) groups excluding carboxylic acids is 2. The highest BCUT2D eigenvalue weighted by molar-refractivity contribution is 7.98. The second-order valence-electron chi connectivity index (χ2n) is 7.54. The van der Waals surface area contributed by atoms with Crippen LogP contribution in [0.25, 0.3) is 0 Å². The maximum atomic E-state index is 12.9. The molecule has 0 saturated carbocycles. The minimum Gasteiger partial charge on any atom is -0.353 e. The van der Waals surface area contributed by atoms with E-state index in [1.165, 1.54) is 6.07 Å². The molecule has 0 fully saturated rings. The van der Waals surface area contributed by atoms with Crippen molar-refractivity contribution in [3.63, 3.8) is 0 Å². The number of carbonyl (C=O) groups is 2. The van der Waals surface area contributed by atoms with Crippen LogP contribution in [0, 0.1) is 0 Å². The lowest BCUT2D eigenvalue weighted by Gasteiger charge is -2.27. The fourth-order valence-electron chi connectivity index (χ4n) is 2.86. The Balaban J connectivity index is 2.08. The van der Waals surface area contributed by atoms with E-state index in [4.69, 9.17) is 34.8 Å². The molecule has 1 atom stereocenters. The van der Waals surface area contributed by atoms with Crippen LogP contribution in [0.15, 0.2) is 42.5 Å². The lowest BCUT2D eigenvalue weighted by Crippen LogP contribution is -2.49. The molecule has 0 aliphatic carbocycles. The SMILES string of the molecule is CSCCC(NC(=O)c1ccc(Cl)cc1Cl)C(=O)NCC(C)(C)c1cccc(Cl)c1. The van der Waals surface area contributed by atoms with E-state index >= 15 is 0 Å². The molecule has 2 amide bonds. The van der Waals surface area contributed by atoms with Crippen molar-refractivity contribution < 1.29 is 9.59 Å². The zero-order valence-electron chi connectivity index (χ0n) is 17.1. The summed E-state index contributed by atoms with van der Waals surface area (Å²) in [5.41, 5.74) is 0.976. The highest BCUT2D eigenvalue weighted by atomic mass is 35.5. The van der Waals surface area contributed by atoms with Crippen molar-refractivity contribution in [2.45, 2.75) is 31.7 Å². The Morgan fingerprint density at radius 3 is 2.40 bits per heavy atom. The molecule has 0 aliphatic heterocycles. The van der Waals surface area contributed by atoms with Gasteiger partial charge in [-0.1, -0.05) is 60.8 Å². The summed E-state index contributed by atoms with van der Waals surface area (Å²) in [6.07, 6.45) is 2.46. The highest BCUT2D eigenvalue weighted by Crippen LogP contribution is 2.25. The molecular formula is C22H25Cl3N2O2S. The first-order chi connectivity index (χ1) is 14.1. The Kier molecular flexibility index (Phi) is 9.35. The number of nitrogens with one attached hydrogen (secondary N) is 2. The monoisotopic (exact) mass is 486 g/mol. The van der Waals surface area contributed by atoms with E-state index in [-0.39, 0.29) is 21.9 Å². The van der Waals surface area contributed by atoms with Gasteiger partial charge in [0.25, 0.3) is 5.91 Å². The van der Waals surface area contributed by atoms with Gasteiger partial charge in [0, 0.05) is 22.0 Å². The number of rotatable bonds is 9. The first-order valence-corrected chi connectivity index (χ1v) is 12.0. The van der Waals surface area contributed by atoms with Crippen LogP contribution in [-0.2, 0) is 10.2 Å². The van der Waals surface area contributed by atoms with Crippen LogP contribution in [0.5, 0.6) is 0 Å². The molecular weight excluding hydrogens is 463 g/mol. The van der Waals surface area contributed by atoms with Crippen LogP contribution < -0.4 is 10.6 Å². The Morgan fingerprint density at radius 1 is 1.07 bits per heavy atom. The summed E-state index contributed by atoms with van der Waals surface area (Å²) in [7, 11) is 0. The summed E-state index contributed by atoms with van der Waals surface area (Å²) in [6.45, 7) is 4.46. The quantitative estimate of drug-likeness (QED) is 0.484. The number of thioether (sulfide) groups is 1. The van der Waals surface area contributed by atoms with E-state index in [1.807, 2.05) is 44.4 Å². The number of amides is 2. The molecule has 8 heteroatoms. The first-order valence-electron chi connectivity index (χ1n) is 9.42. The minimum atomic E-state index is -0.674. The maximum Gasteiger partial charge on any atom is 0.253 e. The van der Waals surface area contributed by atoms with Crippen LogP contribution in [0.3, 0.4) is 0 Å². The normalized spacial score (nSPS) is 12.3. The molecule has 2 N–H and O–H groups in total. The van der Waals surface area contributed by atoms with E-state index in [1.54, 1.807) is 23.9 Å². The van der Waals surface area contributed by atoms with Crippen LogP contribution in [0.4, 0.5) is 0 Å². The average Bonchev–Trinajstić information content (AvgIpc) is 2.69. The molecule has 0 aromatic heterocycles. The second kappa shape index (κ2) is 11.3. The summed E-state index contributed by atoms with van der Waals surface area (Å²) >= 11 is 19.7. The van der Waals surface area contributed by atoms with Gasteiger partial charge in [0.1, 0.15) is 6.04 Å². The van der Waals surface area contributed by atoms with Gasteiger partial charge < -0.3 is 10.6 Å². The predicted octanol–water partition coefficient (Wildman–Crippen LogP) is 5.59. The molecule has 30 heavy (non-hydrogen) atoms. The summed E-state index contributed by atoms with van der Waals surface area (Å²) < 4.78 is 0. The Labute approximate surface area is 197 Å². The highest BCUT2D eigenvalue weighted by Gasteiger charge is 2.26. The van der Waals surface area contributed by atoms with Gasteiger partial charge in [-0.25, -0.2) is 0 Å². The predicted molar refractivity (Wildman–Crippen MR) is 128 cm³/mol. The molecule has 0 saturated heterocycles. The Morgan fingerprint density at radius 2 is 1.77 bits per heavy atom.